The average molecular weight is 241 g/mol. The van der Waals surface area contributed by atoms with E-state index in [1.165, 1.54) is 5.57 Å². The van der Waals surface area contributed by atoms with E-state index in [9.17, 15) is 5.11 Å². The number of β-amino-alcohol motifs (C(OH)–C–C–N with tert-alkyl or cyclic N) is 1. The van der Waals surface area contributed by atoms with Crippen molar-refractivity contribution in [2.24, 2.45) is 0 Å². The molecule has 2 nitrogen and oxygen atoms in total. The van der Waals surface area contributed by atoms with Gasteiger partial charge in [-0.05, 0) is 30.6 Å². The maximum absolute atomic E-state index is 9.25. The van der Waals surface area contributed by atoms with E-state index in [0.29, 0.717) is 6.54 Å². The molecule has 1 N–H and O–H groups in total. The van der Waals surface area contributed by atoms with Crippen LogP contribution in [0.1, 0.15) is 19.4 Å². The van der Waals surface area contributed by atoms with E-state index in [2.05, 4.69) is 43.5 Å². The molecule has 0 fully saturated rings. The minimum absolute atomic E-state index is 0.121. The first-order valence-electron chi connectivity index (χ1n) is 6.17. The predicted octanol–water partition coefficient (Wildman–Crippen LogP) is 3.19. The van der Waals surface area contributed by atoms with E-state index in [-0.39, 0.29) is 6.61 Å². The Morgan fingerprint density at radius 3 is 2.44 bits per heavy atom. The summed E-state index contributed by atoms with van der Waals surface area (Å²) in [7, 11) is 0. The van der Waals surface area contributed by atoms with Gasteiger partial charge in [0.05, 0.1) is 12.3 Å². The molecule has 0 atom stereocenters. The van der Waals surface area contributed by atoms with Crippen LogP contribution in [0.25, 0.3) is 5.70 Å². The minimum Gasteiger partial charge on any atom is -0.395 e. The van der Waals surface area contributed by atoms with Gasteiger partial charge in [-0.1, -0.05) is 43.0 Å². The molecule has 1 heterocycles. The average Bonchev–Trinajstić information content (AvgIpc) is 2.37. The van der Waals surface area contributed by atoms with Gasteiger partial charge in [0.25, 0.3) is 0 Å². The Morgan fingerprint density at radius 2 is 1.83 bits per heavy atom. The summed E-state index contributed by atoms with van der Waals surface area (Å²) >= 11 is 0. The Balaban J connectivity index is 2.52. The van der Waals surface area contributed by atoms with Crippen LogP contribution in [0.15, 0.2) is 59.8 Å². The van der Waals surface area contributed by atoms with Crippen molar-refractivity contribution in [1.29, 1.82) is 0 Å². The number of allylic oxidation sites excluding steroid dienone is 3. The highest BCUT2D eigenvalue weighted by atomic mass is 16.3. The van der Waals surface area contributed by atoms with Gasteiger partial charge < -0.3 is 10.0 Å². The summed E-state index contributed by atoms with van der Waals surface area (Å²) in [5.41, 5.74) is 5.63. The first kappa shape index (κ1) is 12.7. The number of aliphatic hydroxyl groups is 1. The van der Waals surface area contributed by atoms with E-state index in [0.717, 1.165) is 22.5 Å². The van der Waals surface area contributed by atoms with Crippen molar-refractivity contribution in [3.8, 4) is 0 Å². The van der Waals surface area contributed by atoms with Gasteiger partial charge in [-0.3, -0.25) is 0 Å². The monoisotopic (exact) mass is 241 g/mol. The van der Waals surface area contributed by atoms with Crippen molar-refractivity contribution < 1.29 is 5.11 Å². The van der Waals surface area contributed by atoms with Gasteiger partial charge >= 0.3 is 0 Å². The molecule has 0 radical (unpaired) electrons. The third-order valence-electron chi connectivity index (χ3n) is 3.23. The fraction of sp³-hybridized carbons (Fsp3) is 0.250. The summed E-state index contributed by atoms with van der Waals surface area (Å²) in [6.07, 6.45) is 2.15. The highest BCUT2D eigenvalue weighted by molar-refractivity contribution is 5.73. The van der Waals surface area contributed by atoms with Crippen LogP contribution in [-0.4, -0.2) is 23.2 Å². The molecular formula is C16H19NO. The van der Waals surface area contributed by atoms with Gasteiger partial charge in [-0.2, -0.15) is 0 Å². The van der Waals surface area contributed by atoms with Crippen LogP contribution >= 0.6 is 0 Å². The molecule has 0 aliphatic carbocycles. The van der Waals surface area contributed by atoms with E-state index in [4.69, 9.17) is 0 Å². The number of hydrogen-bond acceptors (Lipinski definition) is 2. The van der Waals surface area contributed by atoms with E-state index in [1.54, 1.807) is 0 Å². The molecule has 0 saturated heterocycles. The van der Waals surface area contributed by atoms with Crippen molar-refractivity contribution >= 4 is 5.70 Å². The Hall–Kier alpha value is -1.80. The van der Waals surface area contributed by atoms with E-state index < -0.39 is 0 Å². The highest BCUT2D eigenvalue weighted by Crippen LogP contribution is 2.33. The highest BCUT2D eigenvalue weighted by Gasteiger charge is 2.21. The molecule has 0 aromatic heterocycles. The summed E-state index contributed by atoms with van der Waals surface area (Å²) in [5.74, 6) is 0. The second-order valence-electron chi connectivity index (χ2n) is 4.55. The summed E-state index contributed by atoms with van der Waals surface area (Å²) in [6.45, 7) is 8.97. The van der Waals surface area contributed by atoms with Crippen LogP contribution in [0.2, 0.25) is 0 Å². The molecule has 0 spiro atoms. The third kappa shape index (κ3) is 2.24. The summed E-state index contributed by atoms with van der Waals surface area (Å²) in [4.78, 5) is 2.10. The molecular weight excluding hydrogens is 222 g/mol. The van der Waals surface area contributed by atoms with Crippen molar-refractivity contribution in [2.45, 2.75) is 13.8 Å². The standard InChI is InChI=1S/C16H19NO/c1-12-11-13(2)16(15-7-5-4-6-8-15)17(9-10-18)14(12)3/h4-8,11,18H,3,9-10H2,1-2H3. The van der Waals surface area contributed by atoms with Gasteiger partial charge in [0.2, 0.25) is 0 Å². The van der Waals surface area contributed by atoms with Crippen LogP contribution in [0.4, 0.5) is 0 Å². The van der Waals surface area contributed by atoms with Crippen LogP contribution in [0.5, 0.6) is 0 Å². The zero-order valence-electron chi connectivity index (χ0n) is 11.0. The smallest absolute Gasteiger partial charge is 0.0610 e. The van der Waals surface area contributed by atoms with Crippen molar-refractivity contribution in [2.75, 3.05) is 13.2 Å². The van der Waals surface area contributed by atoms with Crippen LogP contribution < -0.4 is 0 Å². The van der Waals surface area contributed by atoms with Gasteiger partial charge in [-0.15, -0.1) is 0 Å². The fourth-order valence-corrected chi connectivity index (χ4v) is 2.36. The van der Waals surface area contributed by atoms with Gasteiger partial charge in [0.15, 0.2) is 0 Å². The molecule has 1 aliphatic rings. The van der Waals surface area contributed by atoms with E-state index >= 15 is 0 Å². The summed E-state index contributed by atoms with van der Waals surface area (Å²) < 4.78 is 0. The van der Waals surface area contributed by atoms with Crippen LogP contribution in [0, 0.1) is 0 Å². The molecule has 1 aromatic carbocycles. The van der Waals surface area contributed by atoms with Crippen molar-refractivity contribution in [3.05, 3.63) is 65.4 Å². The Kier molecular flexibility index (Phi) is 3.68. The third-order valence-corrected chi connectivity index (χ3v) is 3.23. The molecule has 1 aliphatic heterocycles. The number of aliphatic hydroxyl groups excluding tert-OH is 1. The van der Waals surface area contributed by atoms with E-state index in [1.807, 2.05) is 18.2 Å². The van der Waals surface area contributed by atoms with Crippen LogP contribution in [-0.2, 0) is 0 Å². The fourth-order valence-electron chi connectivity index (χ4n) is 2.36. The lowest BCUT2D eigenvalue weighted by atomic mass is 9.98. The van der Waals surface area contributed by atoms with Crippen molar-refractivity contribution in [3.63, 3.8) is 0 Å². The first-order chi connectivity index (χ1) is 8.65. The minimum atomic E-state index is 0.121. The summed E-state index contributed by atoms with van der Waals surface area (Å²) in [6, 6.07) is 10.2. The molecule has 94 valence electrons. The largest absolute Gasteiger partial charge is 0.395 e. The number of hydrogen-bond donors (Lipinski definition) is 1. The molecule has 0 unspecified atom stereocenters. The summed E-state index contributed by atoms with van der Waals surface area (Å²) in [5, 5.41) is 9.25. The Labute approximate surface area is 109 Å². The number of nitrogens with zero attached hydrogens (tertiary/aromatic N) is 1. The predicted molar refractivity (Wildman–Crippen MR) is 75.7 cm³/mol. The van der Waals surface area contributed by atoms with Crippen LogP contribution in [0.3, 0.4) is 0 Å². The zero-order chi connectivity index (χ0) is 13.1. The first-order valence-corrected chi connectivity index (χ1v) is 6.17. The molecule has 1 aromatic rings. The van der Waals surface area contributed by atoms with Crippen molar-refractivity contribution in [1.82, 2.24) is 4.90 Å². The molecule has 0 saturated carbocycles. The number of rotatable bonds is 3. The maximum atomic E-state index is 9.25. The molecule has 2 heteroatoms. The second-order valence-corrected chi connectivity index (χ2v) is 4.55. The molecule has 0 amide bonds. The number of benzene rings is 1. The lowest BCUT2D eigenvalue weighted by molar-refractivity contribution is 0.262. The molecule has 0 bridgehead atoms. The molecule has 2 rings (SSSR count). The quantitative estimate of drug-likeness (QED) is 0.878. The topological polar surface area (TPSA) is 23.5 Å². The van der Waals surface area contributed by atoms with Gasteiger partial charge in [0.1, 0.15) is 0 Å². The Morgan fingerprint density at radius 1 is 1.17 bits per heavy atom. The van der Waals surface area contributed by atoms with Gasteiger partial charge in [-0.25, -0.2) is 0 Å². The lowest BCUT2D eigenvalue weighted by Gasteiger charge is -2.34. The normalized spacial score (nSPS) is 16.1. The molecule has 18 heavy (non-hydrogen) atoms. The maximum Gasteiger partial charge on any atom is 0.0610 e. The Bertz CT molecular complexity index is 511. The zero-order valence-corrected chi connectivity index (χ0v) is 11.0. The SMILES string of the molecule is C=C1C(C)=CC(C)=C(c2ccccc2)N1CCO. The second kappa shape index (κ2) is 5.23. The lowest BCUT2D eigenvalue weighted by Crippen LogP contribution is -2.28. The van der Waals surface area contributed by atoms with Gasteiger partial charge in [0, 0.05) is 12.2 Å².